The van der Waals surface area contributed by atoms with Crippen molar-refractivity contribution in [3.63, 3.8) is 0 Å². The van der Waals surface area contributed by atoms with Crippen molar-refractivity contribution in [2.75, 3.05) is 32.8 Å². The SMILES string of the molecule is CCC(=O)N1CCN(C(=O)CCCOc2ccc(Br)cc2Cl)CC1. The Kier molecular flexibility index (Phi) is 7.37. The maximum atomic E-state index is 12.2. The van der Waals surface area contributed by atoms with E-state index in [0.29, 0.717) is 62.8 Å². The molecule has 1 aromatic rings. The van der Waals surface area contributed by atoms with Crippen LogP contribution in [0.4, 0.5) is 0 Å². The second-order valence-corrected chi connectivity index (χ2v) is 6.96. The summed E-state index contributed by atoms with van der Waals surface area (Å²) >= 11 is 9.43. The number of piperazine rings is 1. The highest BCUT2D eigenvalue weighted by Gasteiger charge is 2.22. The van der Waals surface area contributed by atoms with Crippen molar-refractivity contribution in [2.24, 2.45) is 0 Å². The van der Waals surface area contributed by atoms with Gasteiger partial charge in [-0.25, -0.2) is 0 Å². The normalized spacial score (nSPS) is 14.6. The van der Waals surface area contributed by atoms with E-state index in [1.165, 1.54) is 0 Å². The monoisotopic (exact) mass is 416 g/mol. The second-order valence-electron chi connectivity index (χ2n) is 5.64. The van der Waals surface area contributed by atoms with Crippen LogP contribution in [0, 0.1) is 0 Å². The Hall–Kier alpha value is -1.27. The van der Waals surface area contributed by atoms with Crippen molar-refractivity contribution in [1.82, 2.24) is 9.80 Å². The van der Waals surface area contributed by atoms with E-state index < -0.39 is 0 Å². The summed E-state index contributed by atoms with van der Waals surface area (Å²) in [6.45, 7) is 4.79. The first kappa shape index (κ1) is 19.1. The molecule has 0 radical (unpaired) electrons. The van der Waals surface area contributed by atoms with Crippen molar-refractivity contribution >= 4 is 39.3 Å². The van der Waals surface area contributed by atoms with E-state index in [1.54, 1.807) is 12.1 Å². The van der Waals surface area contributed by atoms with Gasteiger partial charge >= 0.3 is 0 Å². The van der Waals surface area contributed by atoms with Gasteiger partial charge in [-0.3, -0.25) is 9.59 Å². The minimum absolute atomic E-state index is 0.115. The number of carbonyl (C=O) groups is 2. The Morgan fingerprint density at radius 3 is 2.38 bits per heavy atom. The number of rotatable bonds is 6. The average molecular weight is 418 g/mol. The summed E-state index contributed by atoms with van der Waals surface area (Å²) in [5, 5.41) is 0.549. The van der Waals surface area contributed by atoms with Crippen LogP contribution < -0.4 is 4.74 Å². The van der Waals surface area contributed by atoms with Gasteiger partial charge in [0.15, 0.2) is 0 Å². The molecule has 1 aliphatic heterocycles. The highest BCUT2D eigenvalue weighted by atomic mass is 79.9. The third-order valence-electron chi connectivity index (χ3n) is 3.97. The van der Waals surface area contributed by atoms with Crippen LogP contribution in [0.2, 0.25) is 5.02 Å². The van der Waals surface area contributed by atoms with Gasteiger partial charge < -0.3 is 14.5 Å². The molecule has 7 heteroatoms. The van der Waals surface area contributed by atoms with E-state index in [0.717, 1.165) is 4.47 Å². The molecule has 0 saturated carbocycles. The van der Waals surface area contributed by atoms with E-state index in [2.05, 4.69) is 15.9 Å². The van der Waals surface area contributed by atoms with E-state index in [9.17, 15) is 9.59 Å². The first-order chi connectivity index (χ1) is 11.5. The number of benzene rings is 1. The van der Waals surface area contributed by atoms with Gasteiger partial charge in [0.1, 0.15) is 5.75 Å². The van der Waals surface area contributed by atoms with Gasteiger partial charge in [0.2, 0.25) is 11.8 Å². The molecule has 0 atom stereocenters. The number of carbonyl (C=O) groups excluding carboxylic acids is 2. The zero-order valence-electron chi connectivity index (χ0n) is 13.8. The van der Waals surface area contributed by atoms with E-state index in [1.807, 2.05) is 22.8 Å². The van der Waals surface area contributed by atoms with Crippen LogP contribution >= 0.6 is 27.5 Å². The van der Waals surface area contributed by atoms with Gasteiger partial charge in [0.05, 0.1) is 11.6 Å². The molecule has 0 unspecified atom stereocenters. The summed E-state index contributed by atoms with van der Waals surface area (Å²) in [6, 6.07) is 5.45. The van der Waals surface area contributed by atoms with Crippen LogP contribution in [0.5, 0.6) is 5.75 Å². The molecule has 1 aromatic carbocycles. The molecular formula is C17H22BrClN2O3. The van der Waals surface area contributed by atoms with Crippen LogP contribution in [0.25, 0.3) is 0 Å². The van der Waals surface area contributed by atoms with Gasteiger partial charge in [-0.05, 0) is 24.6 Å². The summed E-state index contributed by atoms with van der Waals surface area (Å²) in [5.41, 5.74) is 0. The van der Waals surface area contributed by atoms with Crippen LogP contribution in [0.3, 0.4) is 0 Å². The van der Waals surface area contributed by atoms with Crippen molar-refractivity contribution in [3.05, 3.63) is 27.7 Å². The number of hydrogen-bond donors (Lipinski definition) is 0. The first-order valence-electron chi connectivity index (χ1n) is 8.14. The Morgan fingerprint density at radius 2 is 1.79 bits per heavy atom. The summed E-state index contributed by atoms with van der Waals surface area (Å²) in [6.07, 6.45) is 1.60. The van der Waals surface area contributed by atoms with Crippen LogP contribution in [0.15, 0.2) is 22.7 Å². The molecule has 5 nitrogen and oxygen atoms in total. The summed E-state index contributed by atoms with van der Waals surface area (Å²) in [4.78, 5) is 27.5. The van der Waals surface area contributed by atoms with Gasteiger partial charge in [-0.2, -0.15) is 0 Å². The summed E-state index contributed by atoms with van der Waals surface area (Å²) in [5.74, 6) is 0.894. The molecule has 2 rings (SSSR count). The predicted octanol–water partition coefficient (Wildman–Crippen LogP) is 3.34. The van der Waals surface area contributed by atoms with Crippen LogP contribution in [-0.4, -0.2) is 54.4 Å². The molecule has 24 heavy (non-hydrogen) atoms. The molecule has 1 saturated heterocycles. The largest absolute Gasteiger partial charge is 0.492 e. The predicted molar refractivity (Wildman–Crippen MR) is 97.3 cm³/mol. The fourth-order valence-corrected chi connectivity index (χ4v) is 3.31. The molecule has 1 aliphatic rings. The summed E-state index contributed by atoms with van der Waals surface area (Å²) < 4.78 is 6.51. The van der Waals surface area contributed by atoms with E-state index in [4.69, 9.17) is 16.3 Å². The molecule has 1 heterocycles. The maximum absolute atomic E-state index is 12.2. The molecule has 0 spiro atoms. The van der Waals surface area contributed by atoms with Gasteiger partial charge in [-0.15, -0.1) is 0 Å². The third-order valence-corrected chi connectivity index (χ3v) is 4.76. The minimum Gasteiger partial charge on any atom is -0.492 e. The van der Waals surface area contributed by atoms with Crippen molar-refractivity contribution < 1.29 is 14.3 Å². The molecule has 1 fully saturated rings. The third kappa shape index (κ3) is 5.38. The highest BCUT2D eigenvalue weighted by molar-refractivity contribution is 9.10. The number of amides is 2. The average Bonchev–Trinajstić information content (AvgIpc) is 2.59. The maximum Gasteiger partial charge on any atom is 0.222 e. The lowest BCUT2D eigenvalue weighted by Gasteiger charge is -2.34. The Morgan fingerprint density at radius 1 is 1.17 bits per heavy atom. The molecule has 0 bridgehead atoms. The molecule has 0 aromatic heterocycles. The van der Waals surface area contributed by atoms with Crippen molar-refractivity contribution in [3.8, 4) is 5.75 Å². The Balaban J connectivity index is 1.68. The molecular weight excluding hydrogens is 396 g/mol. The summed E-state index contributed by atoms with van der Waals surface area (Å²) in [7, 11) is 0. The quantitative estimate of drug-likeness (QED) is 0.667. The number of ether oxygens (including phenoxy) is 1. The topological polar surface area (TPSA) is 49.9 Å². The minimum atomic E-state index is 0.115. The smallest absolute Gasteiger partial charge is 0.222 e. The first-order valence-corrected chi connectivity index (χ1v) is 9.31. The fourth-order valence-electron chi connectivity index (χ4n) is 2.58. The molecule has 2 amide bonds. The van der Waals surface area contributed by atoms with Crippen molar-refractivity contribution in [2.45, 2.75) is 26.2 Å². The zero-order valence-corrected chi connectivity index (χ0v) is 16.1. The number of hydrogen-bond acceptors (Lipinski definition) is 3. The lowest BCUT2D eigenvalue weighted by Crippen LogP contribution is -2.50. The Bertz CT molecular complexity index is 589. The molecule has 0 aliphatic carbocycles. The number of halogens is 2. The number of nitrogens with zero attached hydrogens (tertiary/aromatic N) is 2. The van der Waals surface area contributed by atoms with Crippen LogP contribution in [-0.2, 0) is 9.59 Å². The van der Waals surface area contributed by atoms with E-state index in [-0.39, 0.29) is 11.8 Å². The van der Waals surface area contributed by atoms with Crippen LogP contribution in [0.1, 0.15) is 26.2 Å². The lowest BCUT2D eigenvalue weighted by molar-refractivity contribution is -0.139. The molecule has 0 N–H and O–H groups in total. The highest BCUT2D eigenvalue weighted by Crippen LogP contribution is 2.27. The van der Waals surface area contributed by atoms with Gasteiger partial charge in [0, 0.05) is 43.5 Å². The zero-order chi connectivity index (χ0) is 17.5. The van der Waals surface area contributed by atoms with Gasteiger partial charge in [0.25, 0.3) is 0 Å². The van der Waals surface area contributed by atoms with Crippen molar-refractivity contribution in [1.29, 1.82) is 0 Å². The lowest BCUT2D eigenvalue weighted by atomic mass is 10.2. The second kappa shape index (κ2) is 9.28. The standard InChI is InChI=1S/C17H22BrClN2O3/c1-2-16(22)20-7-9-21(10-8-20)17(23)4-3-11-24-15-6-5-13(18)12-14(15)19/h5-6,12H,2-4,7-11H2,1H3. The Labute approximate surface area is 156 Å². The molecule has 132 valence electrons. The van der Waals surface area contributed by atoms with Gasteiger partial charge in [-0.1, -0.05) is 34.5 Å². The fraction of sp³-hybridized carbons (Fsp3) is 0.529. The van der Waals surface area contributed by atoms with E-state index >= 15 is 0 Å².